The predicted octanol–water partition coefficient (Wildman–Crippen LogP) is 1.91. The molecule has 0 fully saturated rings. The number of aromatic hydroxyl groups is 1. The SMILES string of the molecule is COC(=O)Cc1csc(CNC(=O)C2CCc3cccc(O)c32)n1. The molecular weight excluding hydrogens is 328 g/mol. The smallest absolute Gasteiger partial charge is 0.311 e. The minimum absolute atomic E-state index is 0.111. The van der Waals surface area contributed by atoms with Crippen LogP contribution in [-0.4, -0.2) is 29.1 Å². The van der Waals surface area contributed by atoms with E-state index in [-0.39, 0.29) is 30.0 Å². The summed E-state index contributed by atoms with van der Waals surface area (Å²) in [4.78, 5) is 28.0. The van der Waals surface area contributed by atoms with Crippen LogP contribution in [0.2, 0.25) is 0 Å². The highest BCUT2D eigenvalue weighted by Gasteiger charge is 2.31. The molecule has 0 spiro atoms. The first-order valence-corrected chi connectivity index (χ1v) is 8.55. The Balaban J connectivity index is 1.60. The lowest BCUT2D eigenvalue weighted by Crippen LogP contribution is -2.28. The van der Waals surface area contributed by atoms with Gasteiger partial charge in [-0.1, -0.05) is 12.1 Å². The van der Waals surface area contributed by atoms with Crippen LogP contribution < -0.4 is 5.32 Å². The van der Waals surface area contributed by atoms with E-state index >= 15 is 0 Å². The summed E-state index contributed by atoms with van der Waals surface area (Å²) in [6, 6.07) is 5.36. The molecule has 1 amide bonds. The number of rotatable bonds is 5. The van der Waals surface area contributed by atoms with Crippen molar-refractivity contribution in [2.45, 2.75) is 31.7 Å². The van der Waals surface area contributed by atoms with Crippen LogP contribution in [0.3, 0.4) is 0 Å². The zero-order valence-corrected chi connectivity index (χ0v) is 14.1. The van der Waals surface area contributed by atoms with Crippen LogP contribution in [0.5, 0.6) is 5.75 Å². The molecule has 1 aliphatic rings. The van der Waals surface area contributed by atoms with Crippen molar-refractivity contribution in [3.63, 3.8) is 0 Å². The Morgan fingerprint density at radius 2 is 2.29 bits per heavy atom. The van der Waals surface area contributed by atoms with Gasteiger partial charge in [-0.3, -0.25) is 9.59 Å². The monoisotopic (exact) mass is 346 g/mol. The number of thiazole rings is 1. The van der Waals surface area contributed by atoms with Gasteiger partial charge < -0.3 is 15.2 Å². The zero-order valence-electron chi connectivity index (χ0n) is 13.2. The van der Waals surface area contributed by atoms with Crippen LogP contribution >= 0.6 is 11.3 Å². The van der Waals surface area contributed by atoms with Crippen molar-refractivity contribution in [1.29, 1.82) is 0 Å². The molecule has 1 atom stereocenters. The molecule has 2 N–H and O–H groups in total. The number of carbonyl (C=O) groups excluding carboxylic acids is 2. The summed E-state index contributed by atoms with van der Waals surface area (Å²) in [7, 11) is 1.34. The first-order valence-electron chi connectivity index (χ1n) is 7.67. The summed E-state index contributed by atoms with van der Waals surface area (Å²) in [6.45, 7) is 0.310. The average Bonchev–Trinajstić information content (AvgIpc) is 3.20. The molecule has 1 unspecified atom stereocenters. The van der Waals surface area contributed by atoms with E-state index in [2.05, 4.69) is 15.0 Å². The fourth-order valence-electron chi connectivity index (χ4n) is 2.94. The van der Waals surface area contributed by atoms with E-state index in [1.165, 1.54) is 18.4 Å². The molecule has 7 heteroatoms. The first-order chi connectivity index (χ1) is 11.6. The molecule has 0 bridgehead atoms. The van der Waals surface area contributed by atoms with Gasteiger partial charge in [0.15, 0.2) is 0 Å². The number of phenols is 1. The van der Waals surface area contributed by atoms with Gasteiger partial charge in [-0.15, -0.1) is 11.3 Å². The lowest BCUT2D eigenvalue weighted by molar-refractivity contribution is -0.139. The third-order valence-corrected chi connectivity index (χ3v) is 5.00. The van der Waals surface area contributed by atoms with Crippen molar-refractivity contribution >= 4 is 23.2 Å². The van der Waals surface area contributed by atoms with Crippen molar-refractivity contribution in [2.75, 3.05) is 7.11 Å². The average molecular weight is 346 g/mol. The Kier molecular flexibility index (Phi) is 4.80. The van der Waals surface area contributed by atoms with Gasteiger partial charge in [0.25, 0.3) is 0 Å². The summed E-state index contributed by atoms with van der Waals surface area (Å²) in [5.41, 5.74) is 2.41. The van der Waals surface area contributed by atoms with E-state index in [1.54, 1.807) is 17.5 Å². The number of esters is 1. The van der Waals surface area contributed by atoms with Crippen molar-refractivity contribution in [2.24, 2.45) is 0 Å². The minimum Gasteiger partial charge on any atom is -0.508 e. The molecule has 6 nitrogen and oxygen atoms in total. The lowest BCUT2D eigenvalue weighted by atomic mass is 9.99. The number of amides is 1. The number of aryl methyl sites for hydroxylation is 1. The van der Waals surface area contributed by atoms with Crippen LogP contribution in [0.25, 0.3) is 0 Å². The van der Waals surface area contributed by atoms with Crippen LogP contribution in [0.1, 0.15) is 34.2 Å². The molecule has 1 heterocycles. The highest BCUT2D eigenvalue weighted by Crippen LogP contribution is 2.38. The minimum atomic E-state index is -0.339. The quantitative estimate of drug-likeness (QED) is 0.808. The molecule has 0 radical (unpaired) electrons. The van der Waals surface area contributed by atoms with Gasteiger partial charge in [-0.05, 0) is 24.5 Å². The molecule has 0 aliphatic heterocycles. The first kappa shape index (κ1) is 16.4. The van der Waals surface area contributed by atoms with E-state index in [4.69, 9.17) is 0 Å². The number of nitrogens with zero attached hydrogens (tertiary/aromatic N) is 1. The van der Waals surface area contributed by atoms with Gasteiger partial charge in [0, 0.05) is 10.9 Å². The Labute approximate surface area is 143 Å². The van der Waals surface area contributed by atoms with E-state index in [0.717, 1.165) is 22.6 Å². The van der Waals surface area contributed by atoms with Gasteiger partial charge in [-0.25, -0.2) is 4.98 Å². The standard InChI is InChI=1S/C17H18N2O4S/c1-23-15(21)7-11-9-24-14(19-11)8-18-17(22)12-6-5-10-3-2-4-13(20)16(10)12/h2-4,9,12,20H,5-8H2,1H3,(H,18,22). The highest BCUT2D eigenvalue weighted by molar-refractivity contribution is 7.09. The second kappa shape index (κ2) is 7.00. The maximum Gasteiger partial charge on any atom is 0.311 e. The molecule has 1 aliphatic carbocycles. The fraction of sp³-hybridized carbons (Fsp3) is 0.353. The summed E-state index contributed by atoms with van der Waals surface area (Å²) in [5, 5.41) is 15.4. The van der Waals surface area contributed by atoms with Gasteiger partial charge in [0.1, 0.15) is 10.8 Å². The number of fused-ring (bicyclic) bond motifs is 1. The summed E-state index contributed by atoms with van der Waals surface area (Å²) >= 11 is 1.39. The van der Waals surface area contributed by atoms with Gasteiger partial charge in [-0.2, -0.15) is 0 Å². The maximum atomic E-state index is 12.4. The Hall–Kier alpha value is -2.41. The molecule has 0 saturated carbocycles. The Morgan fingerprint density at radius 3 is 3.08 bits per heavy atom. The normalized spacial score (nSPS) is 15.8. The number of benzene rings is 1. The molecule has 2 aromatic rings. The molecule has 0 saturated heterocycles. The van der Waals surface area contributed by atoms with E-state index in [9.17, 15) is 14.7 Å². The van der Waals surface area contributed by atoms with Crippen molar-refractivity contribution in [3.05, 3.63) is 45.4 Å². The summed E-state index contributed by atoms with van der Waals surface area (Å²) < 4.78 is 4.61. The second-order valence-electron chi connectivity index (χ2n) is 5.64. The zero-order chi connectivity index (χ0) is 17.1. The molecule has 126 valence electrons. The van der Waals surface area contributed by atoms with Crippen LogP contribution in [0.15, 0.2) is 23.6 Å². The Morgan fingerprint density at radius 1 is 1.46 bits per heavy atom. The topological polar surface area (TPSA) is 88.5 Å². The maximum absolute atomic E-state index is 12.4. The second-order valence-corrected chi connectivity index (χ2v) is 6.59. The summed E-state index contributed by atoms with van der Waals surface area (Å²) in [5.74, 6) is -0.593. The number of hydrogen-bond acceptors (Lipinski definition) is 6. The number of ether oxygens (including phenoxy) is 1. The molecule has 24 heavy (non-hydrogen) atoms. The molecule has 1 aromatic carbocycles. The fourth-order valence-corrected chi connectivity index (χ4v) is 3.68. The molecule has 3 rings (SSSR count). The Bertz CT molecular complexity index is 772. The van der Waals surface area contributed by atoms with Crippen molar-refractivity contribution in [3.8, 4) is 5.75 Å². The number of methoxy groups -OCH3 is 1. The van der Waals surface area contributed by atoms with Crippen LogP contribution in [-0.2, 0) is 33.7 Å². The van der Waals surface area contributed by atoms with Crippen LogP contribution in [0, 0.1) is 0 Å². The predicted molar refractivity (Wildman–Crippen MR) is 88.8 cm³/mol. The van der Waals surface area contributed by atoms with Crippen LogP contribution in [0.4, 0.5) is 0 Å². The highest BCUT2D eigenvalue weighted by atomic mass is 32.1. The number of aromatic nitrogens is 1. The number of hydrogen-bond donors (Lipinski definition) is 2. The van der Waals surface area contributed by atoms with E-state index in [1.807, 2.05) is 6.07 Å². The third-order valence-electron chi connectivity index (χ3n) is 4.11. The van der Waals surface area contributed by atoms with Crippen molar-refractivity contribution < 1.29 is 19.4 Å². The van der Waals surface area contributed by atoms with Gasteiger partial charge >= 0.3 is 5.97 Å². The van der Waals surface area contributed by atoms with E-state index in [0.29, 0.717) is 18.7 Å². The summed E-state index contributed by atoms with van der Waals surface area (Å²) in [6.07, 6.45) is 1.62. The lowest BCUT2D eigenvalue weighted by Gasteiger charge is -2.12. The molecule has 1 aromatic heterocycles. The molecular formula is C17H18N2O4S. The van der Waals surface area contributed by atoms with Gasteiger partial charge in [0.2, 0.25) is 5.91 Å². The third kappa shape index (κ3) is 3.41. The number of carbonyl (C=O) groups is 2. The van der Waals surface area contributed by atoms with E-state index < -0.39 is 0 Å². The number of phenolic OH excluding ortho intramolecular Hbond substituents is 1. The van der Waals surface area contributed by atoms with Crippen molar-refractivity contribution in [1.82, 2.24) is 10.3 Å². The largest absolute Gasteiger partial charge is 0.508 e. The number of nitrogens with one attached hydrogen (secondary N) is 1. The van der Waals surface area contributed by atoms with Gasteiger partial charge in [0.05, 0.1) is 31.7 Å².